The molecule has 2 N–H and O–H groups in total. The third kappa shape index (κ3) is 2.50. The summed E-state index contributed by atoms with van der Waals surface area (Å²) in [6.45, 7) is 1.09. The van der Waals surface area contributed by atoms with Crippen molar-refractivity contribution < 1.29 is 18.6 Å². The number of hydrogen-bond acceptors (Lipinski definition) is 8. The van der Waals surface area contributed by atoms with Crippen LogP contribution >= 0.6 is 0 Å². The van der Waals surface area contributed by atoms with Crippen LogP contribution in [-0.4, -0.2) is 75.5 Å². The van der Waals surface area contributed by atoms with Crippen LogP contribution in [0.3, 0.4) is 0 Å². The van der Waals surface area contributed by atoms with E-state index in [2.05, 4.69) is 15.0 Å². The van der Waals surface area contributed by atoms with Gasteiger partial charge in [-0.05, 0) is 25.2 Å². The Morgan fingerprint density at radius 3 is 2.63 bits per heavy atom. The zero-order valence-corrected chi connectivity index (χ0v) is 15.7. The second kappa shape index (κ2) is 5.86. The largest absolute Gasteiger partial charge is 0.396 e. The summed E-state index contributed by atoms with van der Waals surface area (Å²) in [6.07, 6.45) is 5.31. The van der Waals surface area contributed by atoms with Crippen molar-refractivity contribution in [1.29, 1.82) is 0 Å². The maximum Gasteiger partial charge on any atom is 0.165 e. The highest BCUT2D eigenvalue weighted by Gasteiger charge is 2.47. The number of aliphatic hydroxyl groups excluding tert-OH is 2. The Hall–Kier alpha value is -1.78. The number of fused-ring (bicyclic) bond motifs is 2. The molecule has 0 spiro atoms. The van der Waals surface area contributed by atoms with Crippen molar-refractivity contribution in [3.05, 3.63) is 12.7 Å². The van der Waals surface area contributed by atoms with Gasteiger partial charge in [-0.1, -0.05) is 0 Å². The first-order chi connectivity index (χ1) is 13.0. The second-order valence-electron chi connectivity index (χ2n) is 8.26. The summed E-state index contributed by atoms with van der Waals surface area (Å²) >= 11 is 0. The molecular weight excluding hydrogens is 370 g/mol. The van der Waals surface area contributed by atoms with Gasteiger partial charge in [-0.3, -0.25) is 0 Å². The van der Waals surface area contributed by atoms with Gasteiger partial charge < -0.3 is 19.7 Å². The predicted molar refractivity (Wildman–Crippen MR) is 98.1 cm³/mol. The van der Waals surface area contributed by atoms with Gasteiger partial charge in [0, 0.05) is 24.5 Å². The lowest BCUT2D eigenvalue weighted by Gasteiger charge is -2.45. The Bertz CT molecular complexity index is 978. The highest BCUT2D eigenvalue weighted by Crippen LogP contribution is 2.48. The second-order valence-corrected chi connectivity index (χ2v) is 10.6. The molecule has 9 nitrogen and oxygen atoms in total. The van der Waals surface area contributed by atoms with Crippen LogP contribution in [0.15, 0.2) is 12.7 Å². The van der Waals surface area contributed by atoms with Crippen LogP contribution in [0.1, 0.15) is 25.3 Å². The molecular formula is C17H23N5O4S. The number of hydrogen-bond donors (Lipinski definition) is 2. The molecule has 2 saturated heterocycles. The van der Waals surface area contributed by atoms with Crippen LogP contribution in [0.2, 0.25) is 0 Å². The van der Waals surface area contributed by atoms with Crippen LogP contribution < -0.4 is 4.90 Å². The summed E-state index contributed by atoms with van der Waals surface area (Å²) in [5.41, 5.74) is 0.979. The van der Waals surface area contributed by atoms with E-state index in [1.54, 1.807) is 6.33 Å². The lowest BCUT2D eigenvalue weighted by molar-refractivity contribution is -0.0421. The molecule has 0 bridgehead atoms. The number of sulfone groups is 1. The van der Waals surface area contributed by atoms with Gasteiger partial charge in [0.05, 0.1) is 30.5 Å². The van der Waals surface area contributed by atoms with Gasteiger partial charge in [-0.15, -0.1) is 0 Å². The molecule has 2 atom stereocenters. The van der Waals surface area contributed by atoms with Crippen LogP contribution in [0.4, 0.5) is 5.82 Å². The first-order valence-corrected chi connectivity index (χ1v) is 11.0. The van der Waals surface area contributed by atoms with Crippen LogP contribution in [0, 0.1) is 11.3 Å². The summed E-state index contributed by atoms with van der Waals surface area (Å²) in [4.78, 5) is 15.3. The minimum atomic E-state index is -3.00. The van der Waals surface area contributed by atoms with E-state index in [0.717, 1.165) is 12.1 Å². The predicted octanol–water partition coefficient (Wildman–Crippen LogP) is -0.245. The van der Waals surface area contributed by atoms with Gasteiger partial charge in [0.15, 0.2) is 26.8 Å². The molecule has 2 aromatic heterocycles. The first kappa shape index (κ1) is 17.3. The van der Waals surface area contributed by atoms with Crippen molar-refractivity contribution in [2.45, 2.75) is 30.6 Å². The van der Waals surface area contributed by atoms with E-state index in [-0.39, 0.29) is 30.4 Å². The summed E-state index contributed by atoms with van der Waals surface area (Å²) in [7, 11) is -3.00. The van der Waals surface area contributed by atoms with Crippen molar-refractivity contribution >= 4 is 26.8 Å². The number of rotatable bonds is 4. The van der Waals surface area contributed by atoms with E-state index in [0.29, 0.717) is 43.0 Å². The van der Waals surface area contributed by atoms with E-state index in [1.807, 2.05) is 9.47 Å². The summed E-state index contributed by atoms with van der Waals surface area (Å²) in [6, 6.07) is 0.135. The lowest BCUT2D eigenvalue weighted by Crippen LogP contribution is -2.44. The average molecular weight is 393 g/mol. The van der Waals surface area contributed by atoms with E-state index >= 15 is 0 Å². The van der Waals surface area contributed by atoms with E-state index in [4.69, 9.17) is 0 Å². The van der Waals surface area contributed by atoms with Gasteiger partial charge in [0.25, 0.3) is 0 Å². The molecule has 1 saturated carbocycles. The fourth-order valence-electron chi connectivity index (χ4n) is 4.95. The SMILES string of the molecule is O=S1(=O)CC[C@H]2CN(c3ncnc4c3ncn4C3CC(CO)(CO)C3)C[C@H]21. The molecule has 0 radical (unpaired) electrons. The third-order valence-electron chi connectivity index (χ3n) is 6.66. The Morgan fingerprint density at radius 2 is 1.93 bits per heavy atom. The van der Waals surface area contributed by atoms with Gasteiger partial charge in [-0.25, -0.2) is 23.4 Å². The molecule has 27 heavy (non-hydrogen) atoms. The van der Waals surface area contributed by atoms with Gasteiger partial charge >= 0.3 is 0 Å². The summed E-state index contributed by atoms with van der Waals surface area (Å²) < 4.78 is 26.4. The monoisotopic (exact) mass is 393 g/mol. The first-order valence-electron chi connectivity index (χ1n) is 9.32. The molecule has 5 rings (SSSR count). The topological polar surface area (TPSA) is 121 Å². The van der Waals surface area contributed by atoms with Crippen LogP contribution in [0.5, 0.6) is 0 Å². The van der Waals surface area contributed by atoms with Crippen molar-refractivity contribution in [3.63, 3.8) is 0 Å². The molecule has 3 fully saturated rings. The van der Waals surface area contributed by atoms with Crippen LogP contribution in [0.25, 0.3) is 11.2 Å². The van der Waals surface area contributed by atoms with Crippen LogP contribution in [-0.2, 0) is 9.84 Å². The number of aromatic nitrogens is 4. The number of aliphatic hydroxyl groups is 2. The van der Waals surface area contributed by atoms with Gasteiger partial charge in [-0.2, -0.15) is 0 Å². The lowest BCUT2D eigenvalue weighted by atomic mass is 9.66. The van der Waals surface area contributed by atoms with Crippen molar-refractivity contribution in [2.75, 3.05) is 37.0 Å². The normalized spacial score (nSPS) is 29.2. The fraction of sp³-hybridized carbons (Fsp3) is 0.706. The molecule has 146 valence electrons. The quantitative estimate of drug-likeness (QED) is 0.730. The van der Waals surface area contributed by atoms with E-state index < -0.39 is 15.3 Å². The maximum atomic E-state index is 12.2. The Kier molecular flexibility index (Phi) is 3.76. The standard InChI is InChI=1S/C17H23N5O4S/c23-7-17(8-24)3-12(4-17)22-10-20-14-15(18-9-19-16(14)22)21-5-11-1-2-27(25,26)13(11)6-21/h9-13,23-24H,1-8H2/t11-,13+/m0/s1. The summed E-state index contributed by atoms with van der Waals surface area (Å²) in [5, 5.41) is 18.7. The highest BCUT2D eigenvalue weighted by atomic mass is 32.2. The van der Waals surface area contributed by atoms with E-state index in [9.17, 15) is 18.6 Å². The number of anilines is 1. The molecule has 3 aliphatic rings. The molecule has 0 unspecified atom stereocenters. The Labute approximate surface area is 157 Å². The molecule has 4 heterocycles. The third-order valence-corrected chi connectivity index (χ3v) is 8.92. The minimum Gasteiger partial charge on any atom is -0.396 e. The average Bonchev–Trinajstić information content (AvgIpc) is 3.31. The zero-order chi connectivity index (χ0) is 18.8. The Balaban J connectivity index is 1.44. The van der Waals surface area contributed by atoms with Crippen molar-refractivity contribution in [2.24, 2.45) is 11.3 Å². The molecule has 10 heteroatoms. The molecule has 0 amide bonds. The molecule has 2 aliphatic heterocycles. The number of nitrogens with zero attached hydrogens (tertiary/aromatic N) is 5. The summed E-state index contributed by atoms with van der Waals surface area (Å²) in [5.74, 6) is 1.16. The smallest absolute Gasteiger partial charge is 0.165 e. The van der Waals surface area contributed by atoms with E-state index in [1.165, 1.54) is 6.33 Å². The van der Waals surface area contributed by atoms with Crippen molar-refractivity contribution in [3.8, 4) is 0 Å². The Morgan fingerprint density at radius 1 is 1.15 bits per heavy atom. The fourth-order valence-corrected chi connectivity index (χ4v) is 7.10. The molecule has 1 aliphatic carbocycles. The number of imidazole rings is 1. The van der Waals surface area contributed by atoms with Gasteiger partial charge in [0.2, 0.25) is 0 Å². The van der Waals surface area contributed by atoms with Gasteiger partial charge in [0.1, 0.15) is 6.33 Å². The minimum absolute atomic E-state index is 0.0299. The molecule has 0 aromatic carbocycles. The maximum absolute atomic E-state index is 12.2. The molecule has 2 aromatic rings. The zero-order valence-electron chi connectivity index (χ0n) is 14.9. The highest BCUT2D eigenvalue weighted by molar-refractivity contribution is 7.92. The van der Waals surface area contributed by atoms with Crippen molar-refractivity contribution in [1.82, 2.24) is 19.5 Å².